The highest BCUT2D eigenvalue weighted by Crippen LogP contribution is 2.38. The minimum absolute atomic E-state index is 0.0849. The largest absolute Gasteiger partial charge is 0.409 e. The molecule has 104 valence electrons. The first-order valence-electron chi connectivity index (χ1n) is 6.23. The van der Waals surface area contributed by atoms with Gasteiger partial charge in [0, 0.05) is 10.5 Å². The molecule has 3 N–H and O–H groups in total. The number of aromatic nitrogens is 4. The van der Waals surface area contributed by atoms with Crippen molar-refractivity contribution in [2.45, 2.75) is 35.9 Å². The molecule has 0 aliphatic heterocycles. The molecule has 0 saturated heterocycles. The van der Waals surface area contributed by atoms with Gasteiger partial charge in [-0.2, -0.15) is 0 Å². The van der Waals surface area contributed by atoms with Crippen LogP contribution in [0.5, 0.6) is 0 Å². The summed E-state index contributed by atoms with van der Waals surface area (Å²) in [6.07, 6.45) is 2.22. The predicted octanol–water partition coefficient (Wildman–Crippen LogP) is 1.56. The minimum atomic E-state index is 0.0849. The number of nitrogens with two attached hydrogens (primary N) is 1. The van der Waals surface area contributed by atoms with Crippen molar-refractivity contribution >= 4 is 17.6 Å². The highest BCUT2D eigenvalue weighted by molar-refractivity contribution is 7.99. The van der Waals surface area contributed by atoms with E-state index >= 15 is 0 Å². The van der Waals surface area contributed by atoms with Gasteiger partial charge < -0.3 is 10.9 Å². The molecule has 1 heterocycles. The fourth-order valence-corrected chi connectivity index (χ4v) is 2.85. The van der Waals surface area contributed by atoms with E-state index in [0.29, 0.717) is 11.6 Å². The molecule has 0 atom stereocenters. The number of benzene rings is 1. The lowest BCUT2D eigenvalue weighted by Gasteiger charge is -2.08. The molecule has 0 amide bonds. The van der Waals surface area contributed by atoms with Crippen molar-refractivity contribution in [2.24, 2.45) is 10.9 Å². The van der Waals surface area contributed by atoms with Crippen LogP contribution in [0.15, 0.2) is 33.4 Å². The van der Waals surface area contributed by atoms with E-state index in [4.69, 9.17) is 10.9 Å². The number of oxime groups is 1. The lowest BCUT2D eigenvalue weighted by Crippen LogP contribution is -2.14. The molecular weight excluding hydrogens is 276 g/mol. The Balaban J connectivity index is 1.95. The number of rotatable bonds is 4. The minimum Gasteiger partial charge on any atom is -0.409 e. The Labute approximate surface area is 119 Å². The van der Waals surface area contributed by atoms with Gasteiger partial charge in [-0.1, -0.05) is 16.8 Å². The van der Waals surface area contributed by atoms with E-state index in [1.54, 1.807) is 0 Å². The Morgan fingerprint density at radius 3 is 3.00 bits per heavy atom. The van der Waals surface area contributed by atoms with Gasteiger partial charge in [0.25, 0.3) is 0 Å². The van der Waals surface area contributed by atoms with Crippen LogP contribution >= 0.6 is 11.8 Å². The summed E-state index contributed by atoms with van der Waals surface area (Å²) < 4.78 is 1.83. The van der Waals surface area contributed by atoms with Crippen molar-refractivity contribution in [2.75, 3.05) is 0 Å². The van der Waals surface area contributed by atoms with Gasteiger partial charge in [0.2, 0.25) is 5.16 Å². The molecule has 8 heteroatoms. The Kier molecular flexibility index (Phi) is 3.31. The van der Waals surface area contributed by atoms with Crippen LogP contribution in [0.4, 0.5) is 0 Å². The molecule has 0 unspecified atom stereocenters. The standard InChI is InChI=1S/C12H14N6OS/c1-7-2-5-10(9(6-7)11(13)15-19)20-12-14-16-17-18(12)8-3-4-8/h2,5-6,8,19H,3-4H2,1H3,(H2,13,15). The summed E-state index contributed by atoms with van der Waals surface area (Å²) in [5.41, 5.74) is 7.45. The summed E-state index contributed by atoms with van der Waals surface area (Å²) in [7, 11) is 0. The molecule has 0 radical (unpaired) electrons. The van der Waals surface area contributed by atoms with E-state index in [1.807, 2.05) is 29.8 Å². The van der Waals surface area contributed by atoms with E-state index < -0.39 is 0 Å². The van der Waals surface area contributed by atoms with Gasteiger partial charge >= 0.3 is 0 Å². The van der Waals surface area contributed by atoms with Gasteiger partial charge in [0.05, 0.1) is 6.04 Å². The van der Waals surface area contributed by atoms with Gasteiger partial charge in [-0.25, -0.2) is 4.68 Å². The summed E-state index contributed by atoms with van der Waals surface area (Å²) in [5, 5.41) is 24.5. The average Bonchev–Trinajstić information content (AvgIpc) is 3.20. The van der Waals surface area contributed by atoms with Crippen LogP contribution in [0, 0.1) is 6.92 Å². The molecule has 2 aromatic rings. The molecule has 1 aromatic carbocycles. The second-order valence-corrected chi connectivity index (χ2v) is 5.73. The van der Waals surface area contributed by atoms with Gasteiger partial charge in [-0.3, -0.25) is 0 Å². The fourth-order valence-electron chi connectivity index (χ4n) is 1.89. The summed E-state index contributed by atoms with van der Waals surface area (Å²) in [6, 6.07) is 6.19. The van der Waals surface area contributed by atoms with Gasteiger partial charge in [-0.05, 0) is 54.1 Å². The summed E-state index contributed by atoms with van der Waals surface area (Å²) in [5.74, 6) is 0.0849. The maximum absolute atomic E-state index is 8.89. The number of aryl methyl sites for hydroxylation is 1. The summed E-state index contributed by atoms with van der Waals surface area (Å²) >= 11 is 1.42. The lowest BCUT2D eigenvalue weighted by molar-refractivity contribution is 0.318. The van der Waals surface area contributed by atoms with Crippen LogP contribution in [0.2, 0.25) is 0 Å². The Bertz CT molecular complexity index is 664. The molecule has 1 aliphatic carbocycles. The SMILES string of the molecule is Cc1ccc(Sc2nnnn2C2CC2)c(/C(N)=N/O)c1. The Morgan fingerprint density at radius 1 is 1.50 bits per heavy atom. The van der Waals surface area contributed by atoms with Crippen molar-refractivity contribution in [1.29, 1.82) is 0 Å². The zero-order valence-electron chi connectivity index (χ0n) is 10.9. The number of nitrogens with zero attached hydrogens (tertiary/aromatic N) is 5. The topological polar surface area (TPSA) is 102 Å². The van der Waals surface area contributed by atoms with Gasteiger partial charge in [0.1, 0.15) is 0 Å². The van der Waals surface area contributed by atoms with Crippen molar-refractivity contribution in [3.8, 4) is 0 Å². The summed E-state index contributed by atoms with van der Waals surface area (Å²) in [4.78, 5) is 0.864. The van der Waals surface area contributed by atoms with Crippen LogP contribution < -0.4 is 5.73 Å². The maximum Gasteiger partial charge on any atom is 0.214 e. The van der Waals surface area contributed by atoms with Crippen LogP contribution in [0.3, 0.4) is 0 Å². The third-order valence-corrected chi connectivity index (χ3v) is 4.10. The second-order valence-electron chi connectivity index (χ2n) is 4.72. The van der Waals surface area contributed by atoms with E-state index in [1.165, 1.54) is 11.8 Å². The molecule has 1 fully saturated rings. The highest BCUT2D eigenvalue weighted by Gasteiger charge is 2.28. The fraction of sp³-hybridized carbons (Fsp3) is 0.333. The van der Waals surface area contributed by atoms with E-state index in [2.05, 4.69) is 20.7 Å². The van der Waals surface area contributed by atoms with Crippen molar-refractivity contribution in [3.63, 3.8) is 0 Å². The lowest BCUT2D eigenvalue weighted by atomic mass is 10.1. The predicted molar refractivity (Wildman–Crippen MR) is 73.9 cm³/mol. The zero-order valence-corrected chi connectivity index (χ0v) is 11.7. The average molecular weight is 290 g/mol. The molecule has 7 nitrogen and oxygen atoms in total. The maximum atomic E-state index is 8.89. The smallest absolute Gasteiger partial charge is 0.214 e. The molecule has 20 heavy (non-hydrogen) atoms. The van der Waals surface area contributed by atoms with E-state index in [9.17, 15) is 0 Å². The first-order valence-corrected chi connectivity index (χ1v) is 7.05. The number of amidine groups is 1. The molecular formula is C12H14N6OS. The molecule has 0 spiro atoms. The van der Waals surface area contributed by atoms with E-state index in [0.717, 1.165) is 28.5 Å². The first-order chi connectivity index (χ1) is 9.69. The number of hydrogen-bond acceptors (Lipinski definition) is 6. The van der Waals surface area contributed by atoms with Crippen molar-refractivity contribution < 1.29 is 5.21 Å². The Morgan fingerprint density at radius 2 is 2.30 bits per heavy atom. The van der Waals surface area contributed by atoms with Gasteiger partial charge in [-0.15, -0.1) is 5.10 Å². The quantitative estimate of drug-likeness (QED) is 0.383. The highest BCUT2D eigenvalue weighted by atomic mass is 32.2. The zero-order chi connectivity index (χ0) is 14.1. The third kappa shape index (κ3) is 2.46. The molecule has 0 bridgehead atoms. The monoisotopic (exact) mass is 290 g/mol. The third-order valence-electron chi connectivity index (χ3n) is 3.08. The van der Waals surface area contributed by atoms with Crippen molar-refractivity contribution in [1.82, 2.24) is 20.2 Å². The summed E-state index contributed by atoms with van der Waals surface area (Å²) in [6.45, 7) is 1.96. The normalized spacial score (nSPS) is 15.6. The molecule has 3 rings (SSSR count). The molecule has 1 aromatic heterocycles. The number of hydrogen-bond donors (Lipinski definition) is 2. The first kappa shape index (κ1) is 12.9. The number of tetrazole rings is 1. The van der Waals surface area contributed by atoms with E-state index in [-0.39, 0.29) is 5.84 Å². The van der Waals surface area contributed by atoms with Crippen LogP contribution in [0.1, 0.15) is 30.0 Å². The Hall–Kier alpha value is -2.09. The molecule has 1 saturated carbocycles. The second kappa shape index (κ2) is 5.12. The van der Waals surface area contributed by atoms with Crippen molar-refractivity contribution in [3.05, 3.63) is 29.3 Å². The molecule has 1 aliphatic rings. The van der Waals surface area contributed by atoms with Crippen LogP contribution in [0.25, 0.3) is 0 Å². The van der Waals surface area contributed by atoms with Crippen LogP contribution in [-0.2, 0) is 0 Å². The van der Waals surface area contributed by atoms with Crippen LogP contribution in [-0.4, -0.2) is 31.3 Å². The van der Waals surface area contributed by atoms with Gasteiger partial charge in [0.15, 0.2) is 5.84 Å².